The molecule has 2 aliphatic heterocycles. The summed E-state index contributed by atoms with van der Waals surface area (Å²) in [5.41, 5.74) is 0. The molecule has 6 nitrogen and oxygen atoms in total. The van der Waals surface area contributed by atoms with Crippen LogP contribution in [0, 0.1) is 0 Å². The molecule has 0 aliphatic carbocycles. The molecule has 3 heterocycles. The second-order valence-electron chi connectivity index (χ2n) is 5.50. The van der Waals surface area contributed by atoms with Gasteiger partial charge in [-0.05, 0) is 25.7 Å². The van der Waals surface area contributed by atoms with Crippen LogP contribution < -0.4 is 0 Å². The Labute approximate surface area is 112 Å². The molecule has 106 valence electrons. The quantitative estimate of drug-likeness (QED) is 0.852. The van der Waals surface area contributed by atoms with Crippen LogP contribution in [0.5, 0.6) is 0 Å². The standard InChI is InChI=1S/C12H19N3O3S/c16-8-10-2-1-3-11-13-14-12(15(10)11)9-4-6-19(17,18)7-5-9/h9-10,16H,1-8H2. The van der Waals surface area contributed by atoms with Crippen molar-refractivity contribution in [3.05, 3.63) is 11.6 Å². The van der Waals surface area contributed by atoms with Gasteiger partial charge in [0.2, 0.25) is 0 Å². The third kappa shape index (κ3) is 2.41. The van der Waals surface area contributed by atoms with Gasteiger partial charge >= 0.3 is 0 Å². The van der Waals surface area contributed by atoms with Crippen molar-refractivity contribution in [3.8, 4) is 0 Å². The molecule has 1 aromatic rings. The summed E-state index contributed by atoms with van der Waals surface area (Å²) in [4.78, 5) is 0. The summed E-state index contributed by atoms with van der Waals surface area (Å²) < 4.78 is 25.0. The van der Waals surface area contributed by atoms with Crippen LogP contribution in [0.4, 0.5) is 0 Å². The van der Waals surface area contributed by atoms with Gasteiger partial charge in [0.25, 0.3) is 0 Å². The number of aliphatic hydroxyl groups excluding tert-OH is 1. The van der Waals surface area contributed by atoms with E-state index >= 15 is 0 Å². The Morgan fingerprint density at radius 3 is 2.63 bits per heavy atom. The first-order valence-electron chi connectivity index (χ1n) is 6.85. The molecule has 0 amide bonds. The third-order valence-electron chi connectivity index (χ3n) is 4.23. The first kappa shape index (κ1) is 13.1. The Hall–Kier alpha value is -0.950. The second-order valence-corrected chi connectivity index (χ2v) is 7.80. The third-order valence-corrected chi connectivity index (χ3v) is 5.94. The zero-order chi connectivity index (χ0) is 13.5. The molecular weight excluding hydrogens is 266 g/mol. The highest BCUT2D eigenvalue weighted by Crippen LogP contribution is 2.33. The van der Waals surface area contributed by atoms with E-state index in [1.54, 1.807) is 0 Å². The summed E-state index contributed by atoms with van der Waals surface area (Å²) in [5.74, 6) is 2.46. The van der Waals surface area contributed by atoms with E-state index in [0.717, 1.165) is 30.9 Å². The number of aliphatic hydroxyl groups is 1. The Kier molecular flexibility index (Phi) is 3.34. The van der Waals surface area contributed by atoms with Gasteiger partial charge in [0.15, 0.2) is 0 Å². The molecule has 2 aliphatic rings. The van der Waals surface area contributed by atoms with Gasteiger partial charge in [-0.25, -0.2) is 8.42 Å². The Bertz CT molecular complexity index is 553. The molecule has 0 aromatic carbocycles. The predicted octanol–water partition coefficient (Wildman–Crippen LogP) is 0.440. The molecule has 0 bridgehead atoms. The molecule has 1 saturated heterocycles. The van der Waals surface area contributed by atoms with Crippen molar-refractivity contribution in [1.82, 2.24) is 14.8 Å². The Morgan fingerprint density at radius 1 is 1.21 bits per heavy atom. The second kappa shape index (κ2) is 4.86. The summed E-state index contributed by atoms with van der Waals surface area (Å²) in [5, 5.41) is 18.0. The fraction of sp³-hybridized carbons (Fsp3) is 0.833. The van der Waals surface area contributed by atoms with E-state index in [4.69, 9.17) is 0 Å². The lowest BCUT2D eigenvalue weighted by atomic mass is 9.99. The highest BCUT2D eigenvalue weighted by molar-refractivity contribution is 7.91. The lowest BCUT2D eigenvalue weighted by Crippen LogP contribution is -2.28. The molecule has 0 radical (unpaired) electrons. The van der Waals surface area contributed by atoms with Crippen molar-refractivity contribution in [2.75, 3.05) is 18.1 Å². The average Bonchev–Trinajstić information content (AvgIpc) is 2.82. The topological polar surface area (TPSA) is 85.1 Å². The zero-order valence-electron chi connectivity index (χ0n) is 10.8. The first-order chi connectivity index (χ1) is 9.11. The van der Waals surface area contributed by atoms with E-state index in [-0.39, 0.29) is 30.1 Å². The van der Waals surface area contributed by atoms with Gasteiger partial charge in [0, 0.05) is 12.3 Å². The SMILES string of the molecule is O=S1(=O)CCC(c2nnc3n2C(CO)CCC3)CC1. The molecule has 1 atom stereocenters. The molecule has 19 heavy (non-hydrogen) atoms. The van der Waals surface area contributed by atoms with Crippen molar-refractivity contribution in [2.24, 2.45) is 0 Å². The van der Waals surface area contributed by atoms with Gasteiger partial charge in [0.1, 0.15) is 21.5 Å². The van der Waals surface area contributed by atoms with Crippen molar-refractivity contribution in [1.29, 1.82) is 0 Å². The largest absolute Gasteiger partial charge is 0.394 e. The van der Waals surface area contributed by atoms with Crippen molar-refractivity contribution < 1.29 is 13.5 Å². The molecular formula is C12H19N3O3S. The summed E-state index contributed by atoms with van der Waals surface area (Å²) in [6.07, 6.45) is 4.12. The lowest BCUT2D eigenvalue weighted by Gasteiger charge is -2.28. The number of nitrogens with zero attached hydrogens (tertiary/aromatic N) is 3. The van der Waals surface area contributed by atoms with Crippen LogP contribution in [0.3, 0.4) is 0 Å². The number of hydrogen-bond donors (Lipinski definition) is 1. The first-order valence-corrected chi connectivity index (χ1v) is 8.68. The predicted molar refractivity (Wildman–Crippen MR) is 69.7 cm³/mol. The van der Waals surface area contributed by atoms with E-state index in [0.29, 0.717) is 12.8 Å². The number of aromatic nitrogens is 3. The molecule has 1 fully saturated rings. The molecule has 1 unspecified atom stereocenters. The van der Waals surface area contributed by atoms with Crippen molar-refractivity contribution in [3.63, 3.8) is 0 Å². The maximum Gasteiger partial charge on any atom is 0.150 e. The summed E-state index contributed by atoms with van der Waals surface area (Å²) >= 11 is 0. The van der Waals surface area contributed by atoms with Gasteiger partial charge in [-0.15, -0.1) is 10.2 Å². The minimum absolute atomic E-state index is 0.0623. The highest BCUT2D eigenvalue weighted by Gasteiger charge is 2.32. The van der Waals surface area contributed by atoms with Crippen LogP contribution in [0.2, 0.25) is 0 Å². The lowest BCUT2D eigenvalue weighted by molar-refractivity contribution is 0.201. The minimum Gasteiger partial charge on any atom is -0.394 e. The fourth-order valence-corrected chi connectivity index (χ4v) is 4.62. The highest BCUT2D eigenvalue weighted by atomic mass is 32.2. The number of sulfone groups is 1. The molecule has 3 rings (SSSR count). The maximum absolute atomic E-state index is 11.5. The van der Waals surface area contributed by atoms with Crippen LogP contribution in [0.1, 0.15) is 49.3 Å². The number of hydrogen-bond acceptors (Lipinski definition) is 5. The van der Waals surface area contributed by atoms with E-state index in [1.807, 2.05) is 0 Å². The van der Waals surface area contributed by atoms with Gasteiger partial charge < -0.3 is 9.67 Å². The van der Waals surface area contributed by atoms with Crippen LogP contribution in [0.15, 0.2) is 0 Å². The van der Waals surface area contributed by atoms with Crippen LogP contribution in [-0.4, -0.2) is 46.4 Å². The number of aryl methyl sites for hydroxylation is 1. The van der Waals surface area contributed by atoms with E-state index in [2.05, 4.69) is 14.8 Å². The van der Waals surface area contributed by atoms with Crippen LogP contribution in [0.25, 0.3) is 0 Å². The van der Waals surface area contributed by atoms with Crippen molar-refractivity contribution in [2.45, 2.75) is 44.1 Å². The van der Waals surface area contributed by atoms with Gasteiger partial charge in [-0.2, -0.15) is 0 Å². The number of fused-ring (bicyclic) bond motifs is 1. The smallest absolute Gasteiger partial charge is 0.150 e. The maximum atomic E-state index is 11.5. The van der Waals surface area contributed by atoms with E-state index in [1.165, 1.54) is 0 Å². The molecule has 1 aromatic heterocycles. The van der Waals surface area contributed by atoms with Crippen LogP contribution >= 0.6 is 0 Å². The number of rotatable bonds is 2. The monoisotopic (exact) mass is 285 g/mol. The van der Waals surface area contributed by atoms with Gasteiger partial charge in [-0.3, -0.25) is 0 Å². The molecule has 7 heteroatoms. The minimum atomic E-state index is -2.85. The van der Waals surface area contributed by atoms with Gasteiger partial charge in [0.05, 0.1) is 24.2 Å². The molecule has 0 spiro atoms. The normalized spacial score (nSPS) is 27.1. The summed E-state index contributed by atoms with van der Waals surface area (Å²) in [7, 11) is -2.85. The van der Waals surface area contributed by atoms with Crippen molar-refractivity contribution >= 4 is 9.84 Å². The molecule has 0 saturated carbocycles. The van der Waals surface area contributed by atoms with Gasteiger partial charge in [-0.1, -0.05) is 0 Å². The summed E-state index contributed by atoms with van der Waals surface area (Å²) in [6, 6.07) is 0.0623. The Morgan fingerprint density at radius 2 is 1.95 bits per heavy atom. The summed E-state index contributed by atoms with van der Waals surface area (Å²) in [6.45, 7) is 0.100. The Balaban J connectivity index is 1.88. The van der Waals surface area contributed by atoms with E-state index in [9.17, 15) is 13.5 Å². The van der Waals surface area contributed by atoms with Crippen LogP contribution in [-0.2, 0) is 16.3 Å². The van der Waals surface area contributed by atoms with E-state index < -0.39 is 9.84 Å². The zero-order valence-corrected chi connectivity index (χ0v) is 11.6. The average molecular weight is 285 g/mol. The fourth-order valence-electron chi connectivity index (χ4n) is 3.13. The molecule has 1 N–H and O–H groups in total.